The van der Waals surface area contributed by atoms with E-state index >= 15 is 0 Å². The van der Waals surface area contributed by atoms with Gasteiger partial charge in [-0.05, 0) is 29.8 Å². The lowest BCUT2D eigenvalue weighted by atomic mass is 10.3. The van der Waals surface area contributed by atoms with Crippen LogP contribution < -0.4 is 0 Å². The number of aromatic nitrogens is 2. The van der Waals surface area contributed by atoms with Crippen LogP contribution in [0.3, 0.4) is 0 Å². The van der Waals surface area contributed by atoms with E-state index in [2.05, 4.69) is 9.97 Å². The average molecular weight is 312 g/mol. The molecule has 2 rings (SSSR count). The van der Waals surface area contributed by atoms with E-state index in [1.54, 1.807) is 37.5 Å². The third-order valence-electron chi connectivity index (χ3n) is 2.80. The van der Waals surface area contributed by atoms with E-state index in [0.29, 0.717) is 6.54 Å². The maximum absolute atomic E-state index is 12.6. The Bertz CT molecular complexity index is 677. The van der Waals surface area contributed by atoms with Gasteiger partial charge in [0.15, 0.2) is 0 Å². The van der Waals surface area contributed by atoms with Crippen molar-refractivity contribution in [1.82, 2.24) is 14.3 Å². The summed E-state index contributed by atoms with van der Waals surface area (Å²) in [5.74, 6) is 0. The monoisotopic (exact) mass is 311 g/mol. The molecule has 106 valence electrons. The predicted octanol–water partition coefficient (Wildman–Crippen LogP) is 2.34. The molecule has 0 radical (unpaired) electrons. The Hall–Kier alpha value is -1.50. The van der Waals surface area contributed by atoms with Gasteiger partial charge in [-0.1, -0.05) is 18.5 Å². The van der Waals surface area contributed by atoms with Crippen LogP contribution in [0.25, 0.3) is 0 Å². The standard InChI is InChI=1S/C13H14ClN3O2S/c1-2-17(10-11-5-8-15-9-6-11)20(18,19)12-4-3-7-16-13(12)14/h3-9H,2,10H2,1H3. The molecule has 0 bridgehead atoms. The van der Waals surface area contributed by atoms with E-state index in [9.17, 15) is 8.42 Å². The first-order valence-electron chi connectivity index (χ1n) is 6.05. The summed E-state index contributed by atoms with van der Waals surface area (Å²) in [5, 5.41) is -0.0133. The third kappa shape index (κ3) is 3.15. The van der Waals surface area contributed by atoms with Gasteiger partial charge in [-0.15, -0.1) is 0 Å². The fourth-order valence-corrected chi connectivity index (χ4v) is 3.63. The highest BCUT2D eigenvalue weighted by Crippen LogP contribution is 2.23. The summed E-state index contributed by atoms with van der Waals surface area (Å²) in [6.45, 7) is 2.39. The Morgan fingerprint density at radius 1 is 1.20 bits per heavy atom. The van der Waals surface area contributed by atoms with Gasteiger partial charge < -0.3 is 0 Å². The Kier molecular flexibility index (Phi) is 4.69. The van der Waals surface area contributed by atoms with Crippen molar-refractivity contribution in [2.75, 3.05) is 6.54 Å². The van der Waals surface area contributed by atoms with Crippen LogP contribution in [0.1, 0.15) is 12.5 Å². The molecule has 5 nitrogen and oxygen atoms in total. The molecular formula is C13H14ClN3O2S. The zero-order valence-corrected chi connectivity index (χ0v) is 12.5. The maximum atomic E-state index is 12.6. The van der Waals surface area contributed by atoms with E-state index < -0.39 is 10.0 Å². The van der Waals surface area contributed by atoms with Gasteiger partial charge in [-0.3, -0.25) is 4.98 Å². The summed E-state index contributed by atoms with van der Waals surface area (Å²) in [7, 11) is -3.66. The van der Waals surface area contributed by atoms with E-state index in [1.165, 1.54) is 16.6 Å². The molecule has 0 saturated heterocycles. The molecule has 0 aliphatic heterocycles. The van der Waals surface area contributed by atoms with Crippen LogP contribution in [-0.4, -0.2) is 29.2 Å². The molecule has 0 aliphatic carbocycles. The highest BCUT2D eigenvalue weighted by Gasteiger charge is 2.26. The number of sulfonamides is 1. The third-order valence-corrected chi connectivity index (χ3v) is 5.17. The Balaban J connectivity index is 2.34. The first-order chi connectivity index (χ1) is 9.55. The highest BCUT2D eigenvalue weighted by molar-refractivity contribution is 7.89. The second kappa shape index (κ2) is 6.30. The van der Waals surface area contributed by atoms with Gasteiger partial charge >= 0.3 is 0 Å². The average Bonchev–Trinajstić information content (AvgIpc) is 2.46. The molecule has 2 aromatic rings. The topological polar surface area (TPSA) is 63.2 Å². The van der Waals surface area contributed by atoms with Gasteiger partial charge in [-0.25, -0.2) is 13.4 Å². The van der Waals surface area contributed by atoms with Gasteiger partial charge in [-0.2, -0.15) is 4.31 Å². The van der Waals surface area contributed by atoms with Crippen molar-refractivity contribution in [3.63, 3.8) is 0 Å². The number of hydrogen-bond donors (Lipinski definition) is 0. The Labute approximate surface area is 123 Å². The van der Waals surface area contributed by atoms with E-state index in [4.69, 9.17) is 11.6 Å². The lowest BCUT2D eigenvalue weighted by Gasteiger charge is -2.20. The molecule has 0 atom stereocenters. The molecule has 0 N–H and O–H groups in total. The zero-order chi connectivity index (χ0) is 14.6. The maximum Gasteiger partial charge on any atom is 0.246 e. The number of rotatable bonds is 5. The van der Waals surface area contributed by atoms with Crippen LogP contribution in [0, 0.1) is 0 Å². The summed E-state index contributed by atoms with van der Waals surface area (Å²) >= 11 is 5.89. The van der Waals surface area contributed by atoms with E-state index in [1.807, 2.05) is 0 Å². The number of halogens is 1. The molecule has 0 aromatic carbocycles. The summed E-state index contributed by atoms with van der Waals surface area (Å²) in [4.78, 5) is 7.76. The van der Waals surface area contributed by atoms with Crippen LogP contribution in [0.4, 0.5) is 0 Å². The fourth-order valence-electron chi connectivity index (χ4n) is 1.76. The van der Waals surface area contributed by atoms with E-state index in [-0.39, 0.29) is 16.6 Å². The van der Waals surface area contributed by atoms with Crippen molar-refractivity contribution >= 4 is 21.6 Å². The van der Waals surface area contributed by atoms with Crippen LogP contribution in [-0.2, 0) is 16.6 Å². The lowest BCUT2D eigenvalue weighted by Crippen LogP contribution is -2.30. The first kappa shape index (κ1) is 14.9. The fraction of sp³-hybridized carbons (Fsp3) is 0.231. The van der Waals surface area contributed by atoms with Gasteiger partial charge in [0.1, 0.15) is 10.0 Å². The second-order valence-electron chi connectivity index (χ2n) is 4.08. The molecule has 2 heterocycles. The molecule has 7 heteroatoms. The molecule has 0 fully saturated rings. The molecule has 0 aliphatic rings. The lowest BCUT2D eigenvalue weighted by molar-refractivity contribution is 0.423. The minimum absolute atomic E-state index is 0.0133. The molecule has 0 spiro atoms. The highest BCUT2D eigenvalue weighted by atomic mass is 35.5. The van der Waals surface area contributed by atoms with Crippen molar-refractivity contribution in [2.45, 2.75) is 18.4 Å². The van der Waals surface area contributed by atoms with Crippen molar-refractivity contribution in [3.8, 4) is 0 Å². The smallest absolute Gasteiger partial charge is 0.246 e. The Morgan fingerprint density at radius 2 is 1.90 bits per heavy atom. The largest absolute Gasteiger partial charge is 0.265 e. The normalized spacial score (nSPS) is 11.8. The molecule has 0 unspecified atom stereocenters. The van der Waals surface area contributed by atoms with E-state index in [0.717, 1.165) is 5.56 Å². The Morgan fingerprint density at radius 3 is 2.50 bits per heavy atom. The molecule has 2 aromatic heterocycles. The summed E-state index contributed by atoms with van der Waals surface area (Å²) in [6.07, 6.45) is 4.72. The van der Waals surface area contributed by atoms with Gasteiger partial charge in [0, 0.05) is 31.7 Å². The molecule has 20 heavy (non-hydrogen) atoms. The van der Waals surface area contributed by atoms with Crippen molar-refractivity contribution in [3.05, 3.63) is 53.6 Å². The number of hydrogen-bond acceptors (Lipinski definition) is 4. The number of pyridine rings is 2. The van der Waals surface area contributed by atoms with Crippen LogP contribution >= 0.6 is 11.6 Å². The van der Waals surface area contributed by atoms with Crippen molar-refractivity contribution in [2.24, 2.45) is 0 Å². The quantitative estimate of drug-likeness (QED) is 0.795. The molecule has 0 amide bonds. The molecular weight excluding hydrogens is 298 g/mol. The minimum Gasteiger partial charge on any atom is -0.265 e. The predicted molar refractivity (Wildman–Crippen MR) is 76.8 cm³/mol. The van der Waals surface area contributed by atoms with Gasteiger partial charge in [0.2, 0.25) is 10.0 Å². The summed E-state index contributed by atoms with van der Waals surface area (Å²) in [5.41, 5.74) is 0.866. The van der Waals surface area contributed by atoms with Gasteiger partial charge in [0.05, 0.1) is 0 Å². The van der Waals surface area contributed by atoms with Crippen molar-refractivity contribution < 1.29 is 8.42 Å². The van der Waals surface area contributed by atoms with Crippen LogP contribution in [0.5, 0.6) is 0 Å². The summed E-state index contributed by atoms with van der Waals surface area (Å²) < 4.78 is 26.5. The second-order valence-corrected chi connectivity index (χ2v) is 6.34. The number of nitrogens with zero attached hydrogens (tertiary/aromatic N) is 3. The molecule has 0 saturated carbocycles. The van der Waals surface area contributed by atoms with Crippen molar-refractivity contribution in [1.29, 1.82) is 0 Å². The summed E-state index contributed by atoms with van der Waals surface area (Å²) in [6, 6.07) is 6.57. The minimum atomic E-state index is -3.66. The first-order valence-corrected chi connectivity index (χ1v) is 7.87. The van der Waals surface area contributed by atoms with Crippen LogP contribution in [0.2, 0.25) is 5.15 Å². The van der Waals surface area contributed by atoms with Gasteiger partial charge in [0.25, 0.3) is 0 Å². The van der Waals surface area contributed by atoms with Crippen LogP contribution in [0.15, 0.2) is 47.8 Å². The zero-order valence-electron chi connectivity index (χ0n) is 10.9. The SMILES string of the molecule is CCN(Cc1ccncc1)S(=O)(=O)c1cccnc1Cl.